The standard InChI is InChI=1S/C16H15FN2O4/c1-3-22-15(20)12(8-18)13-9-19(16(21)23-4-2)14-6-5-10(17)7-11(13)14/h5-7,9,12H,3-4H2,1-2H3. The predicted octanol–water partition coefficient (Wildman–Crippen LogP) is 2.96. The number of rotatable bonds is 4. The number of ether oxygens (including phenoxy) is 2. The summed E-state index contributed by atoms with van der Waals surface area (Å²) in [6.45, 7) is 3.55. The molecule has 0 aliphatic rings. The Morgan fingerprint density at radius 1 is 1.30 bits per heavy atom. The number of fused-ring (bicyclic) bond motifs is 1. The van der Waals surface area contributed by atoms with Crippen molar-refractivity contribution in [1.29, 1.82) is 5.26 Å². The summed E-state index contributed by atoms with van der Waals surface area (Å²) in [6.07, 6.45) is 0.642. The fourth-order valence-corrected chi connectivity index (χ4v) is 2.28. The minimum atomic E-state index is -1.25. The summed E-state index contributed by atoms with van der Waals surface area (Å²) in [5, 5.41) is 9.58. The van der Waals surface area contributed by atoms with Crippen molar-refractivity contribution in [2.24, 2.45) is 0 Å². The Kier molecular flexibility index (Phi) is 4.96. The van der Waals surface area contributed by atoms with Crippen LogP contribution in [0.3, 0.4) is 0 Å². The molecule has 0 saturated heterocycles. The second-order valence-electron chi connectivity index (χ2n) is 4.63. The molecule has 23 heavy (non-hydrogen) atoms. The first-order valence-electron chi connectivity index (χ1n) is 7.07. The van der Waals surface area contributed by atoms with E-state index in [2.05, 4.69) is 0 Å². The third kappa shape index (κ3) is 3.16. The fraction of sp³-hybridized carbons (Fsp3) is 0.312. The molecule has 0 fully saturated rings. The maximum atomic E-state index is 13.6. The van der Waals surface area contributed by atoms with Crippen molar-refractivity contribution in [2.45, 2.75) is 19.8 Å². The largest absolute Gasteiger partial charge is 0.465 e. The summed E-state index contributed by atoms with van der Waals surface area (Å²) in [4.78, 5) is 24.0. The van der Waals surface area contributed by atoms with Gasteiger partial charge in [-0.1, -0.05) is 0 Å². The van der Waals surface area contributed by atoms with E-state index in [1.807, 2.05) is 6.07 Å². The number of carbonyl (C=O) groups excluding carboxylic acids is 2. The molecule has 1 heterocycles. The molecule has 2 aromatic rings. The molecule has 1 unspecified atom stereocenters. The van der Waals surface area contributed by atoms with Crippen LogP contribution in [0.1, 0.15) is 25.3 Å². The van der Waals surface area contributed by atoms with E-state index in [-0.39, 0.29) is 24.2 Å². The van der Waals surface area contributed by atoms with E-state index in [9.17, 15) is 19.2 Å². The minimum absolute atomic E-state index is 0.113. The zero-order valence-electron chi connectivity index (χ0n) is 12.7. The number of hydrogen-bond donors (Lipinski definition) is 0. The number of carbonyl (C=O) groups is 2. The van der Waals surface area contributed by atoms with Crippen LogP contribution in [0.5, 0.6) is 0 Å². The molecule has 2 rings (SSSR count). The van der Waals surface area contributed by atoms with Crippen molar-refractivity contribution in [3.05, 3.63) is 35.8 Å². The van der Waals surface area contributed by atoms with Gasteiger partial charge in [0, 0.05) is 17.1 Å². The van der Waals surface area contributed by atoms with Gasteiger partial charge in [-0.15, -0.1) is 0 Å². The fourth-order valence-electron chi connectivity index (χ4n) is 2.28. The van der Waals surface area contributed by atoms with Crippen molar-refractivity contribution in [3.8, 4) is 6.07 Å². The van der Waals surface area contributed by atoms with Gasteiger partial charge in [0.25, 0.3) is 0 Å². The first-order chi connectivity index (χ1) is 11.0. The Morgan fingerprint density at radius 3 is 2.61 bits per heavy atom. The van der Waals surface area contributed by atoms with Crippen LogP contribution in [0.25, 0.3) is 10.9 Å². The number of esters is 1. The van der Waals surface area contributed by atoms with E-state index >= 15 is 0 Å². The molecule has 1 atom stereocenters. The molecule has 0 spiro atoms. The molecule has 7 heteroatoms. The lowest BCUT2D eigenvalue weighted by Gasteiger charge is -2.07. The SMILES string of the molecule is CCOC(=O)C(C#N)c1cn(C(=O)OCC)c2ccc(F)cc12. The minimum Gasteiger partial charge on any atom is -0.465 e. The monoisotopic (exact) mass is 318 g/mol. The summed E-state index contributed by atoms with van der Waals surface area (Å²) in [7, 11) is 0. The highest BCUT2D eigenvalue weighted by atomic mass is 19.1. The molecule has 0 saturated carbocycles. The third-order valence-corrected chi connectivity index (χ3v) is 3.22. The summed E-state index contributed by atoms with van der Waals surface area (Å²) in [5.41, 5.74) is 0.554. The highest BCUT2D eigenvalue weighted by Gasteiger charge is 2.27. The summed E-state index contributed by atoms with van der Waals surface area (Å²) < 4.78 is 24.5. The van der Waals surface area contributed by atoms with Crippen molar-refractivity contribution in [3.63, 3.8) is 0 Å². The maximum absolute atomic E-state index is 13.6. The van der Waals surface area contributed by atoms with E-state index in [1.54, 1.807) is 13.8 Å². The van der Waals surface area contributed by atoms with Gasteiger partial charge >= 0.3 is 12.1 Å². The molecule has 0 aliphatic carbocycles. The molecule has 0 amide bonds. The van der Waals surface area contributed by atoms with Gasteiger partial charge in [-0.05, 0) is 32.0 Å². The second-order valence-corrected chi connectivity index (χ2v) is 4.63. The highest BCUT2D eigenvalue weighted by Crippen LogP contribution is 2.29. The van der Waals surface area contributed by atoms with E-state index in [0.29, 0.717) is 5.52 Å². The molecular formula is C16H15FN2O4. The maximum Gasteiger partial charge on any atom is 0.418 e. The smallest absolute Gasteiger partial charge is 0.418 e. The molecule has 0 aliphatic heterocycles. The van der Waals surface area contributed by atoms with Crippen molar-refractivity contribution >= 4 is 23.0 Å². The van der Waals surface area contributed by atoms with Crippen LogP contribution in [-0.2, 0) is 14.3 Å². The van der Waals surface area contributed by atoms with Crippen LogP contribution in [0.2, 0.25) is 0 Å². The van der Waals surface area contributed by atoms with Crippen LogP contribution in [0.15, 0.2) is 24.4 Å². The summed E-state index contributed by atoms with van der Waals surface area (Å²) in [6, 6.07) is 5.59. The lowest BCUT2D eigenvalue weighted by molar-refractivity contribution is -0.143. The first kappa shape index (κ1) is 16.5. The van der Waals surface area contributed by atoms with Crippen molar-refractivity contribution < 1.29 is 23.5 Å². The van der Waals surface area contributed by atoms with Crippen LogP contribution >= 0.6 is 0 Å². The van der Waals surface area contributed by atoms with Gasteiger partial charge < -0.3 is 9.47 Å². The van der Waals surface area contributed by atoms with Crippen LogP contribution in [0, 0.1) is 17.1 Å². The Hall–Kier alpha value is -2.88. The molecular weight excluding hydrogens is 303 g/mol. The van der Waals surface area contributed by atoms with Gasteiger partial charge in [-0.3, -0.25) is 9.36 Å². The van der Waals surface area contributed by atoms with E-state index < -0.39 is 23.8 Å². The van der Waals surface area contributed by atoms with Crippen molar-refractivity contribution in [1.82, 2.24) is 4.57 Å². The normalized spacial score (nSPS) is 11.7. The molecule has 1 aromatic heterocycles. The number of nitriles is 1. The van der Waals surface area contributed by atoms with Crippen molar-refractivity contribution in [2.75, 3.05) is 13.2 Å². The lowest BCUT2D eigenvalue weighted by atomic mass is 10.00. The van der Waals surface area contributed by atoms with Crippen LogP contribution < -0.4 is 0 Å². The molecule has 6 nitrogen and oxygen atoms in total. The Labute approximate surface area is 132 Å². The lowest BCUT2D eigenvalue weighted by Crippen LogP contribution is -2.15. The number of benzene rings is 1. The number of hydrogen-bond acceptors (Lipinski definition) is 5. The van der Waals surface area contributed by atoms with Crippen LogP contribution in [-0.4, -0.2) is 29.8 Å². The van der Waals surface area contributed by atoms with E-state index in [1.165, 1.54) is 24.4 Å². The van der Waals surface area contributed by atoms with Crippen LogP contribution in [0.4, 0.5) is 9.18 Å². The summed E-state index contributed by atoms with van der Waals surface area (Å²) >= 11 is 0. The zero-order valence-corrected chi connectivity index (χ0v) is 12.7. The molecule has 0 radical (unpaired) electrons. The number of aromatic nitrogens is 1. The zero-order chi connectivity index (χ0) is 17.0. The van der Waals surface area contributed by atoms with Gasteiger partial charge in [-0.2, -0.15) is 5.26 Å². The third-order valence-electron chi connectivity index (χ3n) is 3.22. The topological polar surface area (TPSA) is 81.3 Å². The Bertz CT molecular complexity index is 791. The number of halogens is 1. The summed E-state index contributed by atoms with van der Waals surface area (Å²) in [5.74, 6) is -2.54. The highest BCUT2D eigenvalue weighted by molar-refractivity contribution is 5.96. The molecule has 1 aromatic carbocycles. The number of nitrogens with zero attached hydrogens (tertiary/aromatic N) is 2. The second kappa shape index (κ2) is 6.92. The van der Waals surface area contributed by atoms with E-state index in [4.69, 9.17) is 9.47 Å². The first-order valence-corrected chi connectivity index (χ1v) is 7.07. The molecule has 120 valence electrons. The van der Waals surface area contributed by atoms with Gasteiger partial charge in [0.2, 0.25) is 0 Å². The quantitative estimate of drug-likeness (QED) is 0.810. The average Bonchev–Trinajstić information content (AvgIpc) is 2.87. The molecule has 0 bridgehead atoms. The van der Waals surface area contributed by atoms with E-state index in [0.717, 1.165) is 4.57 Å². The van der Waals surface area contributed by atoms with Gasteiger partial charge in [0.1, 0.15) is 5.82 Å². The Balaban J connectivity index is 2.63. The average molecular weight is 318 g/mol. The van der Waals surface area contributed by atoms with Gasteiger partial charge in [0.15, 0.2) is 5.92 Å². The predicted molar refractivity (Wildman–Crippen MR) is 79.3 cm³/mol. The van der Waals surface area contributed by atoms with Gasteiger partial charge in [0.05, 0.1) is 24.8 Å². The molecule has 0 N–H and O–H groups in total. The Morgan fingerprint density at radius 2 is 2.00 bits per heavy atom. The van der Waals surface area contributed by atoms with Gasteiger partial charge in [-0.25, -0.2) is 9.18 Å².